The van der Waals surface area contributed by atoms with Crippen LogP contribution in [0.5, 0.6) is 0 Å². The fourth-order valence-electron chi connectivity index (χ4n) is 2.13. The Morgan fingerprint density at radius 1 is 1.17 bits per heavy atom. The second kappa shape index (κ2) is 6.59. The van der Waals surface area contributed by atoms with Crippen LogP contribution in [-0.4, -0.2) is 16.9 Å². The molecule has 5 nitrogen and oxygen atoms in total. The topological polar surface area (TPSA) is 62.6 Å². The minimum absolute atomic E-state index is 0.0521. The largest absolute Gasteiger partial charge is 0.465 e. The van der Waals surface area contributed by atoms with Gasteiger partial charge in [-0.2, -0.15) is 0 Å². The van der Waals surface area contributed by atoms with Gasteiger partial charge in [0.2, 0.25) is 0 Å². The lowest BCUT2D eigenvalue weighted by Gasteiger charge is -2.28. The molecule has 1 fully saturated rings. The van der Waals surface area contributed by atoms with Crippen LogP contribution in [-0.2, 0) is 9.59 Å². The van der Waals surface area contributed by atoms with E-state index in [0.29, 0.717) is 11.4 Å². The van der Waals surface area contributed by atoms with E-state index in [-0.39, 0.29) is 10.7 Å². The number of furan rings is 1. The van der Waals surface area contributed by atoms with E-state index in [4.69, 9.17) is 16.6 Å². The lowest BCUT2D eigenvalue weighted by Crippen LogP contribution is -2.54. The van der Waals surface area contributed by atoms with E-state index in [9.17, 15) is 14.0 Å². The summed E-state index contributed by atoms with van der Waals surface area (Å²) in [5, 5.41) is 2.39. The molecule has 0 radical (unpaired) electrons. The predicted octanol–water partition coefficient (Wildman–Crippen LogP) is 2.81. The Balaban J connectivity index is 1.89. The van der Waals surface area contributed by atoms with Gasteiger partial charge in [0, 0.05) is 0 Å². The van der Waals surface area contributed by atoms with Crippen LogP contribution in [0.4, 0.5) is 10.1 Å². The molecular weight excluding hydrogens is 331 g/mol. The Hall–Kier alpha value is -3.06. The Bertz CT molecular complexity index is 854. The zero-order chi connectivity index (χ0) is 17.1. The van der Waals surface area contributed by atoms with Gasteiger partial charge in [0.25, 0.3) is 11.8 Å². The molecule has 0 bridgehead atoms. The molecule has 0 spiro atoms. The number of nitrogens with one attached hydrogen (secondary N) is 1. The van der Waals surface area contributed by atoms with Crippen LogP contribution in [0, 0.1) is 5.82 Å². The monoisotopic (exact) mass is 342 g/mol. The fourth-order valence-corrected chi connectivity index (χ4v) is 2.41. The van der Waals surface area contributed by atoms with E-state index in [1.807, 2.05) is 0 Å². The number of halogens is 1. The molecule has 1 aliphatic heterocycles. The number of amides is 2. The lowest BCUT2D eigenvalue weighted by molar-refractivity contribution is -0.122. The first-order chi connectivity index (χ1) is 11.6. The third-order valence-corrected chi connectivity index (χ3v) is 3.54. The maximum absolute atomic E-state index is 13.1. The van der Waals surface area contributed by atoms with Crippen molar-refractivity contribution in [3.63, 3.8) is 0 Å². The summed E-state index contributed by atoms with van der Waals surface area (Å²) in [6.45, 7) is 0. The van der Waals surface area contributed by atoms with Gasteiger partial charge in [-0.25, -0.2) is 4.39 Å². The van der Waals surface area contributed by atoms with Gasteiger partial charge in [-0.1, -0.05) is 6.08 Å². The van der Waals surface area contributed by atoms with Gasteiger partial charge in [-0.05, 0) is 60.8 Å². The molecule has 2 heterocycles. The van der Waals surface area contributed by atoms with Crippen LogP contribution in [0.3, 0.4) is 0 Å². The molecule has 1 saturated heterocycles. The van der Waals surface area contributed by atoms with Crippen LogP contribution < -0.4 is 10.2 Å². The van der Waals surface area contributed by atoms with E-state index >= 15 is 0 Å². The SMILES string of the molecule is O=C1NC(=S)N(c2ccc(F)cc2)C(=O)C1=CC=Cc1ccco1. The number of benzene rings is 1. The van der Waals surface area contributed by atoms with Crippen molar-refractivity contribution in [3.8, 4) is 0 Å². The van der Waals surface area contributed by atoms with Crippen LogP contribution in [0.2, 0.25) is 0 Å². The molecule has 0 saturated carbocycles. The van der Waals surface area contributed by atoms with Gasteiger partial charge < -0.3 is 4.42 Å². The van der Waals surface area contributed by atoms with Crippen molar-refractivity contribution in [1.82, 2.24) is 5.32 Å². The number of allylic oxidation sites excluding steroid dienone is 2. The molecule has 0 unspecified atom stereocenters. The molecule has 24 heavy (non-hydrogen) atoms. The second-order valence-corrected chi connectivity index (χ2v) is 5.22. The number of carbonyl (C=O) groups is 2. The van der Waals surface area contributed by atoms with Crippen molar-refractivity contribution in [2.75, 3.05) is 4.90 Å². The summed E-state index contributed by atoms with van der Waals surface area (Å²) in [4.78, 5) is 25.7. The molecule has 7 heteroatoms. The summed E-state index contributed by atoms with van der Waals surface area (Å²) < 4.78 is 18.2. The Morgan fingerprint density at radius 2 is 1.92 bits per heavy atom. The third-order valence-electron chi connectivity index (χ3n) is 3.25. The zero-order valence-electron chi connectivity index (χ0n) is 12.2. The van der Waals surface area contributed by atoms with Gasteiger partial charge in [0.05, 0.1) is 12.0 Å². The van der Waals surface area contributed by atoms with Crippen LogP contribution >= 0.6 is 12.2 Å². The molecule has 1 aliphatic rings. The van der Waals surface area contributed by atoms with Gasteiger partial charge in [0.15, 0.2) is 5.11 Å². The first kappa shape index (κ1) is 15.8. The van der Waals surface area contributed by atoms with Crippen molar-refractivity contribution in [2.24, 2.45) is 0 Å². The first-order valence-corrected chi connectivity index (χ1v) is 7.34. The molecular formula is C17H11FN2O3S. The molecule has 1 aromatic heterocycles. The van der Waals surface area contributed by atoms with Crippen molar-refractivity contribution in [2.45, 2.75) is 0 Å². The highest BCUT2D eigenvalue weighted by Crippen LogP contribution is 2.21. The number of nitrogens with zero attached hydrogens (tertiary/aromatic N) is 1. The van der Waals surface area contributed by atoms with Crippen molar-refractivity contribution in [1.29, 1.82) is 0 Å². The van der Waals surface area contributed by atoms with Crippen LogP contribution in [0.25, 0.3) is 6.08 Å². The Morgan fingerprint density at radius 3 is 2.58 bits per heavy atom. The van der Waals surface area contributed by atoms with Gasteiger partial charge in [-0.15, -0.1) is 0 Å². The molecule has 3 rings (SSSR count). The number of anilines is 1. The van der Waals surface area contributed by atoms with E-state index in [1.165, 1.54) is 42.7 Å². The second-order valence-electron chi connectivity index (χ2n) is 4.83. The molecule has 2 amide bonds. The van der Waals surface area contributed by atoms with E-state index < -0.39 is 17.6 Å². The summed E-state index contributed by atoms with van der Waals surface area (Å²) in [6, 6.07) is 8.70. The summed E-state index contributed by atoms with van der Waals surface area (Å²) in [6.07, 6.45) is 6.03. The zero-order valence-corrected chi connectivity index (χ0v) is 13.0. The van der Waals surface area contributed by atoms with Crippen LogP contribution in [0.15, 0.2) is 64.8 Å². The number of rotatable bonds is 3. The average Bonchev–Trinajstić information content (AvgIpc) is 3.05. The highest BCUT2D eigenvalue weighted by molar-refractivity contribution is 7.80. The molecule has 120 valence electrons. The molecule has 0 aliphatic carbocycles. The minimum Gasteiger partial charge on any atom is -0.465 e. The smallest absolute Gasteiger partial charge is 0.270 e. The summed E-state index contributed by atoms with van der Waals surface area (Å²) in [5.74, 6) is -1.02. The molecule has 1 N–H and O–H groups in total. The Kier molecular flexibility index (Phi) is 4.35. The van der Waals surface area contributed by atoms with Crippen molar-refractivity contribution >= 4 is 40.9 Å². The van der Waals surface area contributed by atoms with Crippen LogP contribution in [0.1, 0.15) is 5.76 Å². The first-order valence-electron chi connectivity index (χ1n) is 6.93. The van der Waals surface area contributed by atoms with Gasteiger partial charge in [-0.3, -0.25) is 19.8 Å². The van der Waals surface area contributed by atoms with Crippen molar-refractivity contribution in [3.05, 3.63) is 72.0 Å². The number of thiocarbonyl (C=S) groups is 1. The predicted molar refractivity (Wildman–Crippen MR) is 90.5 cm³/mol. The molecule has 1 aromatic carbocycles. The average molecular weight is 342 g/mol. The van der Waals surface area contributed by atoms with Gasteiger partial charge >= 0.3 is 0 Å². The maximum atomic E-state index is 13.1. The van der Waals surface area contributed by atoms with E-state index in [0.717, 1.165) is 4.90 Å². The standard InChI is InChI=1S/C17H11FN2O3S/c18-11-6-8-12(9-7-11)20-16(22)14(15(21)19-17(20)24)5-1-3-13-4-2-10-23-13/h1-10H,(H,19,21,24). The summed E-state index contributed by atoms with van der Waals surface area (Å²) >= 11 is 5.05. The number of hydrogen-bond donors (Lipinski definition) is 1. The fraction of sp³-hybridized carbons (Fsp3) is 0. The minimum atomic E-state index is -0.590. The third kappa shape index (κ3) is 3.16. The summed E-state index contributed by atoms with van der Waals surface area (Å²) in [7, 11) is 0. The number of carbonyl (C=O) groups excluding carboxylic acids is 2. The normalized spacial score (nSPS) is 17.0. The quantitative estimate of drug-likeness (QED) is 0.529. The lowest BCUT2D eigenvalue weighted by atomic mass is 10.1. The van der Waals surface area contributed by atoms with E-state index in [2.05, 4.69) is 5.32 Å². The number of hydrogen-bond acceptors (Lipinski definition) is 4. The van der Waals surface area contributed by atoms with E-state index in [1.54, 1.807) is 18.2 Å². The summed E-state index contributed by atoms with van der Waals surface area (Å²) in [5.41, 5.74) is 0.281. The highest BCUT2D eigenvalue weighted by Gasteiger charge is 2.34. The van der Waals surface area contributed by atoms with Gasteiger partial charge in [0.1, 0.15) is 17.2 Å². The Labute approximate surface area is 142 Å². The maximum Gasteiger partial charge on any atom is 0.270 e. The van der Waals surface area contributed by atoms with Crippen molar-refractivity contribution < 1.29 is 18.4 Å². The molecule has 2 aromatic rings. The molecule has 0 atom stereocenters. The highest BCUT2D eigenvalue weighted by atomic mass is 32.1.